The molecular weight excluding hydrogens is 499 g/mol. The molecular formula is C20H19BrF3N3O3S. The van der Waals surface area contributed by atoms with Crippen molar-refractivity contribution in [1.82, 2.24) is 9.66 Å². The first-order valence-electron chi connectivity index (χ1n) is 9.26. The van der Waals surface area contributed by atoms with Crippen LogP contribution in [0.25, 0.3) is 10.9 Å². The fourth-order valence-corrected chi connectivity index (χ4v) is 4.18. The number of nitrogens with zero attached hydrogens (tertiary/aromatic N) is 2. The molecule has 0 saturated heterocycles. The van der Waals surface area contributed by atoms with Gasteiger partial charge in [-0.2, -0.15) is 0 Å². The van der Waals surface area contributed by atoms with E-state index < -0.39 is 28.5 Å². The van der Waals surface area contributed by atoms with Crippen LogP contribution in [0.4, 0.5) is 18.9 Å². The molecule has 1 aromatic heterocycles. The molecule has 1 atom stereocenters. The number of hydrogen-bond donors (Lipinski definition) is 1. The number of rotatable bonds is 6. The quantitative estimate of drug-likeness (QED) is 0.487. The van der Waals surface area contributed by atoms with E-state index in [2.05, 4.69) is 31.1 Å². The largest absolute Gasteiger partial charge is 0.573 e. The van der Waals surface area contributed by atoms with Crippen molar-refractivity contribution in [3.63, 3.8) is 0 Å². The van der Waals surface area contributed by atoms with Gasteiger partial charge in [-0.05, 0) is 51.7 Å². The monoisotopic (exact) mass is 517 g/mol. The van der Waals surface area contributed by atoms with Gasteiger partial charge in [0.25, 0.3) is 5.56 Å². The van der Waals surface area contributed by atoms with Crippen LogP contribution in [-0.4, -0.2) is 26.0 Å². The average molecular weight is 518 g/mol. The molecule has 0 fully saturated rings. The minimum Gasteiger partial charge on any atom is -0.405 e. The van der Waals surface area contributed by atoms with Gasteiger partial charge < -0.3 is 4.74 Å². The van der Waals surface area contributed by atoms with Gasteiger partial charge in [0.05, 0.1) is 36.8 Å². The lowest BCUT2D eigenvalue weighted by Gasteiger charge is -2.16. The number of benzene rings is 2. The van der Waals surface area contributed by atoms with Crippen molar-refractivity contribution < 1.29 is 22.1 Å². The van der Waals surface area contributed by atoms with Gasteiger partial charge in [0.15, 0.2) is 0 Å². The normalized spacial score (nSPS) is 12.9. The predicted molar refractivity (Wildman–Crippen MR) is 117 cm³/mol. The molecule has 6 nitrogen and oxygen atoms in total. The molecule has 0 aliphatic carbocycles. The first kappa shape index (κ1) is 23.3. The zero-order valence-corrected chi connectivity index (χ0v) is 19.2. The zero-order valence-electron chi connectivity index (χ0n) is 16.8. The molecule has 0 aliphatic heterocycles. The van der Waals surface area contributed by atoms with Crippen molar-refractivity contribution in [2.45, 2.75) is 37.9 Å². The molecule has 1 unspecified atom stereocenters. The maximum absolute atomic E-state index is 13.0. The van der Waals surface area contributed by atoms with Crippen LogP contribution in [0.1, 0.15) is 32.3 Å². The van der Waals surface area contributed by atoms with E-state index in [-0.39, 0.29) is 21.3 Å². The predicted octanol–water partition coefficient (Wildman–Crippen LogP) is 5.18. The topological polar surface area (TPSA) is 73.2 Å². The van der Waals surface area contributed by atoms with Gasteiger partial charge in [-0.15, -0.1) is 13.2 Å². The Morgan fingerprint density at radius 1 is 1.26 bits per heavy atom. The van der Waals surface area contributed by atoms with Gasteiger partial charge in [0.2, 0.25) is 0 Å². The average Bonchev–Trinajstić information content (AvgIpc) is 2.69. The number of hydrogen-bond acceptors (Lipinski definition) is 5. The Labute approximate surface area is 187 Å². The van der Waals surface area contributed by atoms with Crippen molar-refractivity contribution >= 4 is 43.3 Å². The van der Waals surface area contributed by atoms with E-state index in [4.69, 9.17) is 0 Å². The molecule has 0 spiro atoms. The van der Waals surface area contributed by atoms with Gasteiger partial charge in [-0.1, -0.05) is 26.8 Å². The van der Waals surface area contributed by atoms with E-state index in [0.29, 0.717) is 16.3 Å². The van der Waals surface area contributed by atoms with Gasteiger partial charge in [-0.25, -0.2) is 9.66 Å². The Hall–Kier alpha value is -2.40. The van der Waals surface area contributed by atoms with Crippen LogP contribution in [0.2, 0.25) is 0 Å². The summed E-state index contributed by atoms with van der Waals surface area (Å²) in [6.45, 7) is 5.78. The number of aromatic nitrogens is 2. The SMILES string of the molecule is CCS(=O)c1ccc(C(C)C)cc1Nn1cnc2cc(Br)c(OC(F)(F)F)cc2c1=O. The zero-order chi connectivity index (χ0) is 22.9. The Balaban J connectivity index is 2.11. The maximum Gasteiger partial charge on any atom is 0.573 e. The summed E-state index contributed by atoms with van der Waals surface area (Å²) in [4.78, 5) is 17.6. The molecule has 0 amide bonds. The van der Waals surface area contributed by atoms with Crippen LogP contribution < -0.4 is 15.7 Å². The number of halogens is 4. The Kier molecular flexibility index (Phi) is 6.75. The van der Waals surface area contributed by atoms with Crippen molar-refractivity contribution in [2.75, 3.05) is 11.2 Å². The summed E-state index contributed by atoms with van der Waals surface area (Å²) >= 11 is 3.00. The van der Waals surface area contributed by atoms with E-state index >= 15 is 0 Å². The third-order valence-corrected chi connectivity index (χ3v) is 6.45. The molecule has 11 heteroatoms. The molecule has 31 heavy (non-hydrogen) atoms. The number of ether oxygens (including phenoxy) is 1. The van der Waals surface area contributed by atoms with Crippen molar-refractivity contribution in [3.05, 3.63) is 57.0 Å². The molecule has 0 saturated carbocycles. The van der Waals surface area contributed by atoms with Crippen LogP contribution in [0.5, 0.6) is 5.75 Å². The second kappa shape index (κ2) is 8.99. The second-order valence-electron chi connectivity index (χ2n) is 6.92. The lowest BCUT2D eigenvalue weighted by molar-refractivity contribution is -0.274. The van der Waals surface area contributed by atoms with Crippen molar-refractivity contribution in [1.29, 1.82) is 0 Å². The fraction of sp³-hybridized carbons (Fsp3) is 0.300. The number of fused-ring (bicyclic) bond motifs is 1. The molecule has 0 aliphatic rings. The molecule has 1 N–H and O–H groups in total. The van der Waals surface area contributed by atoms with Gasteiger partial charge >= 0.3 is 6.36 Å². The van der Waals surface area contributed by atoms with E-state index in [1.165, 1.54) is 12.4 Å². The minimum absolute atomic E-state index is 0.0141. The van der Waals surface area contributed by atoms with Crippen LogP contribution in [0.15, 0.2) is 50.8 Å². The minimum atomic E-state index is -4.91. The summed E-state index contributed by atoms with van der Waals surface area (Å²) in [6, 6.07) is 7.67. The van der Waals surface area contributed by atoms with E-state index in [9.17, 15) is 22.2 Å². The number of anilines is 1. The number of nitrogens with one attached hydrogen (secondary N) is 1. The van der Waals surface area contributed by atoms with Gasteiger partial charge in [-0.3, -0.25) is 14.4 Å². The molecule has 0 radical (unpaired) electrons. The summed E-state index contributed by atoms with van der Waals surface area (Å²) in [6.07, 6.45) is -3.69. The summed E-state index contributed by atoms with van der Waals surface area (Å²) in [7, 11) is -1.30. The highest BCUT2D eigenvalue weighted by molar-refractivity contribution is 9.10. The van der Waals surface area contributed by atoms with Gasteiger partial charge in [0, 0.05) is 5.75 Å². The summed E-state index contributed by atoms with van der Waals surface area (Å²) in [5, 5.41) is -0.0735. The third kappa shape index (κ3) is 5.27. The first-order valence-corrected chi connectivity index (χ1v) is 11.4. The Morgan fingerprint density at radius 2 is 1.97 bits per heavy atom. The highest BCUT2D eigenvalue weighted by Crippen LogP contribution is 2.33. The standard InChI is InChI=1S/C20H19BrF3N3O3S/c1-4-31(29)18-6-5-12(11(2)3)7-16(18)26-27-10-25-15-9-14(21)17(30-20(22,23)24)8-13(15)19(27)28/h5-11,26H,4H2,1-3H3. The maximum atomic E-state index is 13.0. The van der Waals surface area contributed by atoms with Crippen LogP contribution >= 0.6 is 15.9 Å². The molecule has 1 heterocycles. The van der Waals surface area contributed by atoms with Crippen molar-refractivity contribution in [3.8, 4) is 5.75 Å². The van der Waals surface area contributed by atoms with E-state index in [0.717, 1.165) is 16.3 Å². The van der Waals surface area contributed by atoms with E-state index in [1.807, 2.05) is 19.9 Å². The summed E-state index contributed by atoms with van der Waals surface area (Å²) < 4.78 is 55.5. The summed E-state index contributed by atoms with van der Waals surface area (Å²) in [5.74, 6) is 0.0222. The van der Waals surface area contributed by atoms with Crippen LogP contribution in [0.3, 0.4) is 0 Å². The lowest BCUT2D eigenvalue weighted by Crippen LogP contribution is -2.27. The molecule has 166 valence electrons. The fourth-order valence-electron chi connectivity index (χ4n) is 2.88. The third-order valence-electron chi connectivity index (χ3n) is 4.46. The first-order chi connectivity index (χ1) is 14.5. The van der Waals surface area contributed by atoms with Crippen LogP contribution in [0, 0.1) is 0 Å². The highest BCUT2D eigenvalue weighted by atomic mass is 79.9. The number of alkyl halides is 3. The molecule has 2 aromatic carbocycles. The Morgan fingerprint density at radius 3 is 2.58 bits per heavy atom. The summed E-state index contributed by atoms with van der Waals surface area (Å²) in [5.41, 5.74) is 3.88. The molecule has 3 aromatic rings. The van der Waals surface area contributed by atoms with Gasteiger partial charge in [0.1, 0.15) is 12.1 Å². The second-order valence-corrected chi connectivity index (χ2v) is 9.49. The Bertz CT molecular complexity index is 1210. The van der Waals surface area contributed by atoms with E-state index in [1.54, 1.807) is 19.1 Å². The smallest absolute Gasteiger partial charge is 0.405 e. The molecule has 0 bridgehead atoms. The lowest BCUT2D eigenvalue weighted by atomic mass is 10.0. The highest BCUT2D eigenvalue weighted by Gasteiger charge is 2.32. The van der Waals surface area contributed by atoms with Crippen molar-refractivity contribution in [2.24, 2.45) is 0 Å². The van der Waals surface area contributed by atoms with Crippen LogP contribution in [-0.2, 0) is 10.8 Å². The molecule has 3 rings (SSSR count).